The van der Waals surface area contributed by atoms with Gasteiger partial charge >= 0.3 is 0 Å². The maximum atomic E-state index is 9.59. The van der Waals surface area contributed by atoms with Gasteiger partial charge in [-0.3, -0.25) is 0 Å². The van der Waals surface area contributed by atoms with Crippen LogP contribution in [0.2, 0.25) is 0 Å². The summed E-state index contributed by atoms with van der Waals surface area (Å²) in [5, 5.41) is 9.59. The van der Waals surface area contributed by atoms with Crippen LogP contribution >= 0.6 is 0 Å². The van der Waals surface area contributed by atoms with Crippen molar-refractivity contribution in [2.75, 3.05) is 24.6 Å². The van der Waals surface area contributed by atoms with Gasteiger partial charge in [-0.15, -0.1) is 0 Å². The highest BCUT2D eigenvalue weighted by Gasteiger charge is 2.21. The molecule has 23 heavy (non-hydrogen) atoms. The lowest BCUT2D eigenvalue weighted by molar-refractivity contribution is 0.340. The predicted octanol–water partition coefficient (Wildman–Crippen LogP) is 4.25. The van der Waals surface area contributed by atoms with Crippen molar-refractivity contribution in [2.24, 2.45) is 0 Å². The third-order valence-electron chi connectivity index (χ3n) is 4.47. The quantitative estimate of drug-likeness (QED) is 0.918. The molecule has 1 saturated heterocycles. The Kier molecular flexibility index (Phi) is 4.57. The number of aromatic amines is 1. The van der Waals surface area contributed by atoms with Gasteiger partial charge in [0.05, 0.1) is 17.9 Å². The molecule has 2 heterocycles. The molecule has 0 saturated carbocycles. The molecule has 0 unspecified atom stereocenters. The molecule has 4 heteroatoms. The van der Waals surface area contributed by atoms with E-state index < -0.39 is 0 Å². The fraction of sp³-hybridized carbons (Fsp3) is 0.421. The summed E-state index contributed by atoms with van der Waals surface area (Å²) in [4.78, 5) is 5.81. The Morgan fingerprint density at radius 3 is 2.48 bits per heavy atom. The van der Waals surface area contributed by atoms with E-state index in [1.54, 1.807) is 0 Å². The number of hydrogen-bond acceptors (Lipinski definition) is 3. The van der Waals surface area contributed by atoms with Crippen LogP contribution in [-0.4, -0.2) is 24.7 Å². The number of anilines is 1. The first-order chi connectivity index (χ1) is 11.2. The first-order valence-corrected chi connectivity index (χ1v) is 8.35. The van der Waals surface area contributed by atoms with Crippen molar-refractivity contribution >= 4 is 5.82 Å². The Bertz CT molecular complexity index is 703. The largest absolute Gasteiger partial charge is 0.494 e. The molecule has 0 atom stereocenters. The van der Waals surface area contributed by atoms with Crippen LogP contribution in [-0.2, 0) is 0 Å². The lowest BCUT2D eigenvalue weighted by atomic mass is 10.1. The number of hydrogen-bond donors (Lipinski definition) is 1. The SMILES string of the molecule is CCOc1ccc(-c2[nH]c(N3CCCCC3)c(C#N)c2C)cc1. The number of rotatable bonds is 4. The van der Waals surface area contributed by atoms with Crippen molar-refractivity contribution < 1.29 is 4.74 Å². The molecule has 4 nitrogen and oxygen atoms in total. The fourth-order valence-electron chi connectivity index (χ4n) is 3.24. The van der Waals surface area contributed by atoms with Gasteiger partial charge in [-0.05, 0) is 68.5 Å². The molecule has 1 aromatic heterocycles. The van der Waals surface area contributed by atoms with E-state index in [9.17, 15) is 5.26 Å². The van der Waals surface area contributed by atoms with Gasteiger partial charge in [-0.2, -0.15) is 5.26 Å². The van der Waals surface area contributed by atoms with Gasteiger partial charge in [-0.1, -0.05) is 0 Å². The topological polar surface area (TPSA) is 52.0 Å². The number of ether oxygens (including phenoxy) is 1. The Labute approximate surface area is 137 Å². The maximum Gasteiger partial charge on any atom is 0.124 e. The van der Waals surface area contributed by atoms with E-state index in [0.29, 0.717) is 6.61 Å². The summed E-state index contributed by atoms with van der Waals surface area (Å²) in [6, 6.07) is 10.4. The molecule has 1 aliphatic heterocycles. The van der Waals surface area contributed by atoms with Gasteiger partial charge in [0.25, 0.3) is 0 Å². The van der Waals surface area contributed by atoms with E-state index in [0.717, 1.165) is 47.0 Å². The van der Waals surface area contributed by atoms with Gasteiger partial charge < -0.3 is 14.6 Å². The Morgan fingerprint density at radius 1 is 1.17 bits per heavy atom. The Morgan fingerprint density at radius 2 is 1.87 bits per heavy atom. The van der Waals surface area contributed by atoms with Crippen molar-refractivity contribution in [1.29, 1.82) is 5.26 Å². The maximum absolute atomic E-state index is 9.59. The zero-order valence-electron chi connectivity index (χ0n) is 13.9. The highest BCUT2D eigenvalue weighted by molar-refractivity contribution is 5.74. The summed E-state index contributed by atoms with van der Waals surface area (Å²) in [5.41, 5.74) is 3.92. The number of nitrogens with zero attached hydrogens (tertiary/aromatic N) is 2. The van der Waals surface area contributed by atoms with E-state index in [1.165, 1.54) is 19.3 Å². The average Bonchev–Trinajstić information content (AvgIpc) is 2.93. The molecular weight excluding hydrogens is 286 g/mol. The number of H-pyrrole nitrogens is 1. The molecule has 1 fully saturated rings. The zero-order valence-corrected chi connectivity index (χ0v) is 13.9. The van der Waals surface area contributed by atoms with Gasteiger partial charge in [0.2, 0.25) is 0 Å². The van der Waals surface area contributed by atoms with Gasteiger partial charge in [0, 0.05) is 13.1 Å². The van der Waals surface area contributed by atoms with Crippen LogP contribution in [0.1, 0.15) is 37.3 Å². The molecule has 0 aliphatic carbocycles. The monoisotopic (exact) mass is 309 g/mol. The van der Waals surface area contributed by atoms with E-state index in [2.05, 4.69) is 16.0 Å². The summed E-state index contributed by atoms with van der Waals surface area (Å²) in [6.07, 6.45) is 3.67. The number of piperidine rings is 1. The van der Waals surface area contributed by atoms with Crippen molar-refractivity contribution in [3.05, 3.63) is 35.4 Å². The van der Waals surface area contributed by atoms with Crippen LogP contribution in [0.3, 0.4) is 0 Å². The molecule has 0 bridgehead atoms. The lowest BCUT2D eigenvalue weighted by Crippen LogP contribution is -2.30. The minimum Gasteiger partial charge on any atom is -0.494 e. The minimum absolute atomic E-state index is 0.665. The minimum atomic E-state index is 0.665. The second-order valence-electron chi connectivity index (χ2n) is 5.97. The second kappa shape index (κ2) is 6.78. The van der Waals surface area contributed by atoms with E-state index in [4.69, 9.17) is 4.74 Å². The van der Waals surface area contributed by atoms with Crippen molar-refractivity contribution in [3.8, 4) is 23.1 Å². The summed E-state index contributed by atoms with van der Waals surface area (Å²) in [6.45, 7) is 6.72. The molecule has 3 rings (SSSR count). The van der Waals surface area contributed by atoms with Crippen LogP contribution in [0.4, 0.5) is 5.82 Å². The average molecular weight is 309 g/mol. The van der Waals surface area contributed by atoms with Crippen molar-refractivity contribution in [1.82, 2.24) is 4.98 Å². The molecule has 1 aromatic carbocycles. The van der Waals surface area contributed by atoms with Crippen molar-refractivity contribution in [2.45, 2.75) is 33.1 Å². The van der Waals surface area contributed by atoms with Crippen LogP contribution < -0.4 is 9.64 Å². The number of aromatic nitrogens is 1. The first kappa shape index (κ1) is 15.5. The first-order valence-electron chi connectivity index (χ1n) is 8.35. The zero-order chi connectivity index (χ0) is 16.2. The molecular formula is C19H23N3O. The highest BCUT2D eigenvalue weighted by Crippen LogP contribution is 2.33. The van der Waals surface area contributed by atoms with E-state index >= 15 is 0 Å². The number of nitrogens with one attached hydrogen (secondary N) is 1. The van der Waals surface area contributed by atoms with E-state index in [-0.39, 0.29) is 0 Å². The molecule has 120 valence electrons. The van der Waals surface area contributed by atoms with Crippen molar-refractivity contribution in [3.63, 3.8) is 0 Å². The molecule has 1 N–H and O–H groups in total. The third-order valence-corrected chi connectivity index (χ3v) is 4.47. The summed E-state index contributed by atoms with van der Waals surface area (Å²) >= 11 is 0. The fourth-order valence-corrected chi connectivity index (χ4v) is 3.24. The van der Waals surface area contributed by atoms with Gasteiger partial charge in [-0.25, -0.2) is 0 Å². The van der Waals surface area contributed by atoms with Crippen LogP contribution in [0, 0.1) is 18.3 Å². The van der Waals surface area contributed by atoms with E-state index in [1.807, 2.05) is 38.1 Å². The van der Waals surface area contributed by atoms with Gasteiger partial charge in [0.15, 0.2) is 0 Å². The Balaban J connectivity index is 1.96. The second-order valence-corrected chi connectivity index (χ2v) is 5.97. The van der Waals surface area contributed by atoms with Crippen LogP contribution in [0.5, 0.6) is 5.75 Å². The van der Waals surface area contributed by atoms with Crippen LogP contribution in [0.15, 0.2) is 24.3 Å². The predicted molar refractivity (Wildman–Crippen MR) is 92.9 cm³/mol. The third kappa shape index (κ3) is 3.05. The molecule has 0 radical (unpaired) electrons. The van der Waals surface area contributed by atoms with Gasteiger partial charge in [0.1, 0.15) is 17.6 Å². The highest BCUT2D eigenvalue weighted by atomic mass is 16.5. The summed E-state index contributed by atoms with van der Waals surface area (Å²) < 4.78 is 5.50. The standard InChI is InChI=1S/C19H23N3O/c1-3-23-16-9-7-15(8-10-16)18-14(2)17(13-20)19(21-18)22-11-5-4-6-12-22/h7-10,21H,3-6,11-12H2,1-2H3. The number of benzene rings is 1. The number of nitriles is 1. The normalized spacial score (nSPS) is 14.6. The molecule has 1 aliphatic rings. The molecule has 0 spiro atoms. The lowest BCUT2D eigenvalue weighted by Gasteiger charge is -2.27. The Hall–Kier alpha value is -2.41. The summed E-state index contributed by atoms with van der Waals surface area (Å²) in [5.74, 6) is 1.85. The molecule has 0 amide bonds. The van der Waals surface area contributed by atoms with Crippen LogP contribution in [0.25, 0.3) is 11.3 Å². The molecule has 2 aromatic rings. The smallest absolute Gasteiger partial charge is 0.124 e. The summed E-state index contributed by atoms with van der Waals surface area (Å²) in [7, 11) is 0.